The van der Waals surface area contributed by atoms with E-state index in [-0.39, 0.29) is 23.8 Å². The molecule has 0 bridgehead atoms. The van der Waals surface area contributed by atoms with Crippen molar-refractivity contribution in [1.82, 2.24) is 5.43 Å². The molecule has 1 aliphatic rings. The van der Waals surface area contributed by atoms with Crippen molar-refractivity contribution in [1.29, 1.82) is 0 Å². The average Bonchev–Trinajstić information content (AvgIpc) is 2.75. The molecule has 2 rings (SSSR count). The van der Waals surface area contributed by atoms with Crippen molar-refractivity contribution >= 4 is 40.5 Å². The van der Waals surface area contributed by atoms with Gasteiger partial charge in [-0.05, 0) is 6.07 Å². The maximum atomic E-state index is 12.8. The Labute approximate surface area is 136 Å². The van der Waals surface area contributed by atoms with Gasteiger partial charge in [-0.2, -0.15) is 13.2 Å². The fourth-order valence-electron chi connectivity index (χ4n) is 1.81. The lowest BCUT2D eigenvalue weighted by molar-refractivity contribution is -0.425. The van der Waals surface area contributed by atoms with Crippen LogP contribution in [0.1, 0.15) is 5.56 Å². The number of halogens is 6. The summed E-state index contributed by atoms with van der Waals surface area (Å²) < 4.78 is 38.4. The van der Waals surface area contributed by atoms with Crippen LogP contribution in [-0.2, 0) is 6.18 Å². The van der Waals surface area contributed by atoms with Crippen LogP contribution in [0.5, 0.6) is 0 Å². The Balaban J connectivity index is 2.60. The highest BCUT2D eigenvalue weighted by atomic mass is 35.5. The molecule has 3 N–H and O–H groups in total. The van der Waals surface area contributed by atoms with Gasteiger partial charge in [0.05, 0.1) is 31.2 Å². The normalized spacial score (nSPS) is 15.6. The van der Waals surface area contributed by atoms with Crippen molar-refractivity contribution in [3.05, 3.63) is 48.3 Å². The minimum Gasteiger partial charge on any atom is -0.379 e. The number of hydrogen-bond acceptors (Lipinski definition) is 5. The Morgan fingerprint density at radius 3 is 2.36 bits per heavy atom. The second-order valence-electron chi connectivity index (χ2n) is 4.14. The van der Waals surface area contributed by atoms with E-state index in [4.69, 9.17) is 40.5 Å². The molecule has 1 aromatic carbocycles. The zero-order chi connectivity index (χ0) is 16.8. The zero-order valence-corrected chi connectivity index (χ0v) is 12.6. The van der Waals surface area contributed by atoms with E-state index in [0.717, 1.165) is 5.01 Å². The van der Waals surface area contributed by atoms with Crippen LogP contribution in [0.2, 0.25) is 15.1 Å². The summed E-state index contributed by atoms with van der Waals surface area (Å²) in [6, 6.07) is 0.574. The molecule has 0 saturated carbocycles. The Kier molecular flexibility index (Phi) is 4.35. The first-order valence-corrected chi connectivity index (χ1v) is 6.60. The van der Waals surface area contributed by atoms with Crippen LogP contribution in [0.4, 0.5) is 18.9 Å². The van der Waals surface area contributed by atoms with E-state index >= 15 is 0 Å². The summed E-state index contributed by atoms with van der Waals surface area (Å²) in [5.74, 6) is -0.343. The number of nitrogens with one attached hydrogen (secondary N) is 1. The van der Waals surface area contributed by atoms with Gasteiger partial charge in [-0.25, -0.2) is 5.43 Å². The standard InChI is InChI=1S/C10H6Cl3F3N4O2/c11-4-1-3(10(14,15)16)6(12)7(13)8(4)19-9(17)5(2-18-19)20(21)22/h1,18H,2,17H2. The first-order valence-electron chi connectivity index (χ1n) is 5.47. The van der Waals surface area contributed by atoms with Gasteiger partial charge in [0.2, 0.25) is 0 Å². The maximum Gasteiger partial charge on any atom is 0.417 e. The Hall–Kier alpha value is -1.42. The number of nitrogens with zero attached hydrogens (tertiary/aromatic N) is 2. The van der Waals surface area contributed by atoms with Gasteiger partial charge in [0.25, 0.3) is 0 Å². The molecule has 12 heteroatoms. The van der Waals surface area contributed by atoms with Crippen LogP contribution >= 0.6 is 34.8 Å². The molecule has 0 spiro atoms. The number of nitrogens with two attached hydrogens (primary N) is 1. The Bertz CT molecular complexity index is 693. The third-order valence-corrected chi connectivity index (χ3v) is 3.97. The smallest absolute Gasteiger partial charge is 0.379 e. The molecular weight excluding hydrogens is 371 g/mol. The van der Waals surface area contributed by atoms with Crippen molar-refractivity contribution < 1.29 is 18.1 Å². The fourth-order valence-corrected chi connectivity index (χ4v) is 2.69. The molecule has 120 valence electrons. The van der Waals surface area contributed by atoms with Crippen LogP contribution in [0, 0.1) is 10.1 Å². The number of anilines is 1. The minimum absolute atomic E-state index is 0.198. The number of benzene rings is 1. The molecular formula is C10H6Cl3F3N4O2. The molecule has 0 radical (unpaired) electrons. The van der Waals surface area contributed by atoms with E-state index in [1.807, 2.05) is 0 Å². The lowest BCUT2D eigenvalue weighted by atomic mass is 10.2. The number of hydrogen-bond donors (Lipinski definition) is 2. The number of alkyl halides is 3. The Morgan fingerprint density at radius 1 is 1.32 bits per heavy atom. The highest BCUT2D eigenvalue weighted by Gasteiger charge is 2.38. The molecule has 0 unspecified atom stereocenters. The molecule has 1 heterocycles. The Morgan fingerprint density at radius 2 is 1.91 bits per heavy atom. The van der Waals surface area contributed by atoms with Crippen LogP contribution in [0.3, 0.4) is 0 Å². The zero-order valence-electron chi connectivity index (χ0n) is 10.3. The van der Waals surface area contributed by atoms with Gasteiger partial charge >= 0.3 is 11.9 Å². The summed E-state index contributed by atoms with van der Waals surface area (Å²) in [6.45, 7) is -0.246. The quantitative estimate of drug-likeness (QED) is 0.469. The van der Waals surface area contributed by atoms with Crippen LogP contribution < -0.4 is 16.2 Å². The highest BCUT2D eigenvalue weighted by molar-refractivity contribution is 6.46. The van der Waals surface area contributed by atoms with Gasteiger partial charge in [-0.15, -0.1) is 0 Å². The van der Waals surface area contributed by atoms with Crippen molar-refractivity contribution in [2.45, 2.75) is 6.18 Å². The summed E-state index contributed by atoms with van der Waals surface area (Å²) in [4.78, 5) is 10.0. The number of rotatable bonds is 2. The first kappa shape index (κ1) is 16.9. The van der Waals surface area contributed by atoms with Gasteiger partial charge < -0.3 is 5.73 Å². The van der Waals surface area contributed by atoms with Gasteiger partial charge in [0.15, 0.2) is 5.82 Å². The van der Waals surface area contributed by atoms with E-state index in [0.29, 0.717) is 6.07 Å². The summed E-state index contributed by atoms with van der Waals surface area (Å²) in [7, 11) is 0. The molecule has 0 aliphatic carbocycles. The van der Waals surface area contributed by atoms with E-state index in [9.17, 15) is 23.3 Å². The highest BCUT2D eigenvalue weighted by Crippen LogP contribution is 2.46. The largest absolute Gasteiger partial charge is 0.417 e. The van der Waals surface area contributed by atoms with E-state index in [1.54, 1.807) is 0 Å². The summed E-state index contributed by atoms with van der Waals surface area (Å²) in [5.41, 5.74) is 6.30. The molecule has 0 atom stereocenters. The monoisotopic (exact) mass is 376 g/mol. The second kappa shape index (κ2) is 5.65. The van der Waals surface area contributed by atoms with Crippen LogP contribution in [-0.4, -0.2) is 11.5 Å². The van der Waals surface area contributed by atoms with E-state index < -0.39 is 31.7 Å². The van der Waals surface area contributed by atoms with Crippen LogP contribution in [0.25, 0.3) is 0 Å². The predicted molar refractivity (Wildman–Crippen MR) is 75.2 cm³/mol. The number of hydrazine groups is 1. The van der Waals surface area contributed by atoms with Crippen molar-refractivity contribution in [3.8, 4) is 0 Å². The molecule has 0 aromatic heterocycles. The van der Waals surface area contributed by atoms with Gasteiger partial charge in [0, 0.05) is 0 Å². The first-order chi connectivity index (χ1) is 10.1. The van der Waals surface area contributed by atoms with E-state index in [1.165, 1.54) is 0 Å². The number of nitro groups is 1. The van der Waals surface area contributed by atoms with Crippen molar-refractivity contribution in [3.63, 3.8) is 0 Å². The molecule has 1 aromatic rings. The molecule has 0 fully saturated rings. The van der Waals surface area contributed by atoms with Crippen LogP contribution in [0.15, 0.2) is 17.6 Å². The molecule has 1 aliphatic heterocycles. The van der Waals surface area contributed by atoms with E-state index in [2.05, 4.69) is 5.43 Å². The second-order valence-corrected chi connectivity index (χ2v) is 5.30. The van der Waals surface area contributed by atoms with Gasteiger partial charge in [-0.3, -0.25) is 15.1 Å². The molecule has 0 amide bonds. The third kappa shape index (κ3) is 2.76. The lowest BCUT2D eigenvalue weighted by Crippen LogP contribution is -2.35. The van der Waals surface area contributed by atoms with Gasteiger partial charge in [0.1, 0.15) is 6.54 Å². The molecule has 6 nitrogen and oxygen atoms in total. The average molecular weight is 378 g/mol. The fraction of sp³-hybridized carbons (Fsp3) is 0.200. The summed E-state index contributed by atoms with van der Waals surface area (Å²) in [6.07, 6.45) is -4.76. The lowest BCUT2D eigenvalue weighted by Gasteiger charge is -2.23. The SMILES string of the molecule is NC1=C([N+](=O)[O-])CNN1c1c(Cl)cc(C(F)(F)F)c(Cl)c1Cl. The van der Waals surface area contributed by atoms with Gasteiger partial charge in [-0.1, -0.05) is 34.8 Å². The van der Waals surface area contributed by atoms with Crippen molar-refractivity contribution in [2.75, 3.05) is 11.6 Å². The van der Waals surface area contributed by atoms with Crippen molar-refractivity contribution in [2.24, 2.45) is 5.73 Å². The maximum absolute atomic E-state index is 12.8. The molecule has 22 heavy (non-hydrogen) atoms. The summed E-state index contributed by atoms with van der Waals surface area (Å²) in [5, 5.41) is 9.98. The topological polar surface area (TPSA) is 84.4 Å². The minimum atomic E-state index is -4.76. The predicted octanol–water partition coefficient (Wildman–Crippen LogP) is 3.39. The third-order valence-electron chi connectivity index (χ3n) is 2.82. The molecule has 0 saturated heterocycles. The summed E-state index contributed by atoms with van der Waals surface area (Å²) >= 11 is 17.3.